The first-order chi connectivity index (χ1) is 13.0. The maximum Gasteiger partial charge on any atom is 0.261 e. The fourth-order valence-electron chi connectivity index (χ4n) is 3.68. The van der Waals surface area contributed by atoms with Crippen molar-refractivity contribution in [3.63, 3.8) is 0 Å². The number of fused-ring (bicyclic) bond motifs is 1. The second-order valence-electron chi connectivity index (χ2n) is 6.68. The summed E-state index contributed by atoms with van der Waals surface area (Å²) in [7, 11) is 0. The summed E-state index contributed by atoms with van der Waals surface area (Å²) < 4.78 is 26.4. The van der Waals surface area contributed by atoms with Crippen LogP contribution in [0.5, 0.6) is 0 Å². The summed E-state index contributed by atoms with van der Waals surface area (Å²) in [5, 5.41) is 0. The van der Waals surface area contributed by atoms with Gasteiger partial charge in [0.15, 0.2) is 11.6 Å². The van der Waals surface area contributed by atoms with Crippen LogP contribution < -0.4 is 0 Å². The molecule has 27 heavy (non-hydrogen) atoms. The van der Waals surface area contributed by atoms with Gasteiger partial charge in [-0.15, -0.1) is 0 Å². The molecule has 0 N–H and O–H groups in total. The molecule has 2 aromatic carbocycles. The molecule has 2 aromatic rings. The summed E-state index contributed by atoms with van der Waals surface area (Å²) in [4.78, 5) is 40.4. The van der Waals surface area contributed by atoms with Gasteiger partial charge in [0.1, 0.15) is 0 Å². The Morgan fingerprint density at radius 1 is 0.889 bits per heavy atom. The van der Waals surface area contributed by atoms with Gasteiger partial charge < -0.3 is 4.90 Å². The zero-order chi connectivity index (χ0) is 19.1. The molecule has 7 heteroatoms. The largest absolute Gasteiger partial charge is 0.338 e. The highest BCUT2D eigenvalue weighted by molar-refractivity contribution is 6.21. The van der Waals surface area contributed by atoms with E-state index in [1.807, 2.05) is 0 Å². The number of hydrogen-bond acceptors (Lipinski definition) is 3. The summed E-state index contributed by atoms with van der Waals surface area (Å²) in [6.45, 7) is 0.659. The lowest BCUT2D eigenvalue weighted by Gasteiger charge is -2.35. The molecule has 0 spiro atoms. The molecule has 2 aliphatic heterocycles. The molecule has 2 heterocycles. The maximum absolute atomic E-state index is 13.4. The molecule has 0 aliphatic carbocycles. The minimum atomic E-state index is -1.07. The molecule has 0 unspecified atom stereocenters. The predicted octanol–water partition coefficient (Wildman–Crippen LogP) is 2.87. The van der Waals surface area contributed by atoms with E-state index in [0.717, 1.165) is 12.1 Å². The van der Waals surface area contributed by atoms with Crippen molar-refractivity contribution >= 4 is 17.7 Å². The van der Waals surface area contributed by atoms with Gasteiger partial charge in [0.05, 0.1) is 11.1 Å². The van der Waals surface area contributed by atoms with E-state index in [1.165, 1.54) is 15.9 Å². The molecule has 138 valence electrons. The number of benzene rings is 2. The highest BCUT2D eigenvalue weighted by atomic mass is 19.2. The van der Waals surface area contributed by atoms with Gasteiger partial charge in [-0.25, -0.2) is 8.78 Å². The van der Waals surface area contributed by atoms with Crippen LogP contribution in [0.1, 0.15) is 43.9 Å². The van der Waals surface area contributed by atoms with Crippen molar-refractivity contribution in [3.05, 3.63) is 70.8 Å². The Morgan fingerprint density at radius 3 is 2.04 bits per heavy atom. The third kappa shape index (κ3) is 2.89. The van der Waals surface area contributed by atoms with Gasteiger partial charge in [0.25, 0.3) is 17.7 Å². The molecule has 0 radical (unpaired) electrons. The molecular weight excluding hydrogens is 354 g/mol. The Morgan fingerprint density at radius 2 is 1.48 bits per heavy atom. The first-order valence-corrected chi connectivity index (χ1v) is 8.68. The third-order valence-corrected chi connectivity index (χ3v) is 5.11. The highest BCUT2D eigenvalue weighted by Crippen LogP contribution is 2.28. The normalized spacial score (nSPS) is 17.4. The average molecular weight is 370 g/mol. The maximum atomic E-state index is 13.4. The number of likely N-dealkylation sites (tertiary alicyclic amines) is 1. The van der Waals surface area contributed by atoms with E-state index in [0.29, 0.717) is 37.1 Å². The summed E-state index contributed by atoms with van der Waals surface area (Å²) in [5.41, 5.74) is 0.888. The monoisotopic (exact) mass is 370 g/mol. The first-order valence-electron chi connectivity index (χ1n) is 8.68. The minimum absolute atomic E-state index is 0.0769. The van der Waals surface area contributed by atoms with Crippen LogP contribution in [-0.2, 0) is 0 Å². The van der Waals surface area contributed by atoms with Crippen molar-refractivity contribution in [1.82, 2.24) is 9.80 Å². The van der Waals surface area contributed by atoms with Crippen LogP contribution in [0.3, 0.4) is 0 Å². The number of amides is 3. The van der Waals surface area contributed by atoms with Gasteiger partial charge in [0, 0.05) is 24.7 Å². The highest BCUT2D eigenvalue weighted by Gasteiger charge is 2.41. The van der Waals surface area contributed by atoms with Crippen LogP contribution >= 0.6 is 0 Å². The van der Waals surface area contributed by atoms with E-state index in [4.69, 9.17) is 0 Å². The van der Waals surface area contributed by atoms with Gasteiger partial charge in [-0.3, -0.25) is 19.3 Å². The fraction of sp³-hybridized carbons (Fsp3) is 0.250. The van der Waals surface area contributed by atoms with Crippen molar-refractivity contribution in [2.45, 2.75) is 18.9 Å². The lowest BCUT2D eigenvalue weighted by molar-refractivity contribution is 0.0478. The summed E-state index contributed by atoms with van der Waals surface area (Å²) in [6.07, 6.45) is 0.891. The molecule has 1 fully saturated rings. The molecule has 5 nitrogen and oxygen atoms in total. The smallest absolute Gasteiger partial charge is 0.261 e. The van der Waals surface area contributed by atoms with E-state index < -0.39 is 17.5 Å². The molecular formula is C20H16F2N2O3. The van der Waals surface area contributed by atoms with Crippen LogP contribution in [0.4, 0.5) is 8.78 Å². The van der Waals surface area contributed by atoms with Crippen molar-refractivity contribution in [3.8, 4) is 0 Å². The number of rotatable bonds is 2. The Bertz CT molecular complexity index is 917. The number of nitrogens with zero attached hydrogens (tertiary/aromatic N) is 2. The second kappa shape index (κ2) is 6.57. The molecule has 4 rings (SSSR count). The lowest BCUT2D eigenvalue weighted by atomic mass is 10.0. The number of carbonyl (C=O) groups is 3. The van der Waals surface area contributed by atoms with E-state index in [2.05, 4.69) is 0 Å². The quantitative estimate of drug-likeness (QED) is 0.764. The van der Waals surface area contributed by atoms with Crippen LogP contribution in [0.25, 0.3) is 0 Å². The molecule has 3 amide bonds. The van der Waals surface area contributed by atoms with E-state index in [-0.39, 0.29) is 23.4 Å². The molecule has 2 aliphatic rings. The van der Waals surface area contributed by atoms with E-state index in [1.54, 1.807) is 24.3 Å². The van der Waals surface area contributed by atoms with Crippen LogP contribution in [0.15, 0.2) is 42.5 Å². The number of imide groups is 1. The average Bonchev–Trinajstić information content (AvgIpc) is 2.94. The number of halogens is 2. The van der Waals surface area contributed by atoms with E-state index in [9.17, 15) is 23.2 Å². The van der Waals surface area contributed by atoms with Crippen LogP contribution in [0.2, 0.25) is 0 Å². The molecule has 1 saturated heterocycles. The van der Waals surface area contributed by atoms with Crippen molar-refractivity contribution in [2.75, 3.05) is 13.1 Å². The molecule has 0 aromatic heterocycles. The van der Waals surface area contributed by atoms with E-state index >= 15 is 0 Å². The lowest BCUT2D eigenvalue weighted by Crippen LogP contribution is -2.48. The fourth-order valence-corrected chi connectivity index (χ4v) is 3.68. The zero-order valence-corrected chi connectivity index (χ0v) is 14.3. The zero-order valence-electron chi connectivity index (χ0n) is 14.3. The van der Waals surface area contributed by atoms with Gasteiger partial charge in [-0.1, -0.05) is 12.1 Å². The SMILES string of the molecule is O=C(c1ccc(F)c(F)c1)N1CCC(N2C(=O)c3ccccc3C2=O)CC1. The van der Waals surface area contributed by atoms with Gasteiger partial charge >= 0.3 is 0 Å². The molecule has 0 atom stereocenters. The molecule has 0 bridgehead atoms. The van der Waals surface area contributed by atoms with Crippen LogP contribution in [-0.4, -0.2) is 46.7 Å². The standard InChI is InChI=1S/C20H16F2N2O3/c21-16-6-5-12(11-17(16)22)18(25)23-9-7-13(8-10-23)24-19(26)14-3-1-2-4-15(14)20(24)27/h1-6,11,13H,7-10H2. The topological polar surface area (TPSA) is 57.7 Å². The Hall–Kier alpha value is -3.09. The Balaban J connectivity index is 1.45. The third-order valence-electron chi connectivity index (χ3n) is 5.11. The summed E-state index contributed by atoms with van der Waals surface area (Å²) in [6, 6.07) is 9.48. The van der Waals surface area contributed by atoms with Gasteiger partial charge in [-0.05, 0) is 43.2 Å². The van der Waals surface area contributed by atoms with Crippen molar-refractivity contribution in [2.24, 2.45) is 0 Å². The minimum Gasteiger partial charge on any atom is -0.338 e. The van der Waals surface area contributed by atoms with Gasteiger partial charge in [-0.2, -0.15) is 0 Å². The number of piperidine rings is 1. The Labute approximate surface area is 154 Å². The summed E-state index contributed by atoms with van der Waals surface area (Å²) >= 11 is 0. The molecule has 0 saturated carbocycles. The van der Waals surface area contributed by atoms with Gasteiger partial charge in [0.2, 0.25) is 0 Å². The summed E-state index contributed by atoms with van der Waals surface area (Å²) in [5.74, 6) is -3.07. The predicted molar refractivity (Wildman–Crippen MR) is 92.2 cm³/mol. The van der Waals surface area contributed by atoms with Crippen molar-refractivity contribution in [1.29, 1.82) is 0 Å². The first kappa shape index (κ1) is 17.3. The Kier molecular flexibility index (Phi) is 4.22. The number of carbonyl (C=O) groups excluding carboxylic acids is 3. The van der Waals surface area contributed by atoms with Crippen molar-refractivity contribution < 1.29 is 23.2 Å². The number of hydrogen-bond donors (Lipinski definition) is 0. The van der Waals surface area contributed by atoms with Crippen LogP contribution in [0, 0.1) is 11.6 Å². The second-order valence-corrected chi connectivity index (χ2v) is 6.68.